The van der Waals surface area contributed by atoms with Crippen molar-refractivity contribution < 1.29 is 9.18 Å². The first-order chi connectivity index (χ1) is 7.77. The summed E-state index contributed by atoms with van der Waals surface area (Å²) in [5, 5.41) is 3.31. The maximum absolute atomic E-state index is 12.9. The van der Waals surface area contributed by atoms with Crippen molar-refractivity contribution in [2.24, 2.45) is 5.11 Å². The Bertz CT molecular complexity index is 496. The zero-order valence-electron chi connectivity index (χ0n) is 8.35. The molecule has 0 bridgehead atoms. The lowest BCUT2D eigenvalue weighted by Crippen LogP contribution is -1.88. The molecule has 0 aliphatic carbocycles. The van der Waals surface area contributed by atoms with Gasteiger partial charge in [-0.05, 0) is 23.7 Å². The van der Waals surface area contributed by atoms with Gasteiger partial charge in [0, 0.05) is 23.4 Å². The van der Waals surface area contributed by atoms with Crippen LogP contribution in [0.3, 0.4) is 0 Å². The van der Waals surface area contributed by atoms with E-state index in [2.05, 4.69) is 21.9 Å². The second-order valence-corrected chi connectivity index (χ2v) is 2.86. The lowest BCUT2D eigenvalue weighted by atomic mass is 10.1. The van der Waals surface area contributed by atoms with Crippen LogP contribution in [0.1, 0.15) is 22.3 Å². The SMILES string of the molecule is [N-]=[N+]=NCCC#Cc1ccc(F)c(C=O)c1. The molecule has 16 heavy (non-hydrogen) atoms. The molecule has 0 aliphatic heterocycles. The fourth-order valence-electron chi connectivity index (χ4n) is 1.03. The van der Waals surface area contributed by atoms with E-state index in [1.54, 1.807) is 0 Å². The van der Waals surface area contributed by atoms with E-state index in [-0.39, 0.29) is 5.56 Å². The standard InChI is InChI=1S/C11H8FN3O/c12-11-5-4-9(7-10(11)8-16)3-1-2-6-14-15-13/h4-5,7-8H,2,6H2. The fourth-order valence-corrected chi connectivity index (χ4v) is 1.03. The summed E-state index contributed by atoms with van der Waals surface area (Å²) in [6.07, 6.45) is 0.873. The number of hydrogen-bond acceptors (Lipinski definition) is 2. The number of hydrogen-bond donors (Lipinski definition) is 0. The number of rotatable bonds is 3. The summed E-state index contributed by atoms with van der Waals surface area (Å²) in [6.45, 7) is 0.297. The van der Waals surface area contributed by atoms with Crippen LogP contribution in [0.5, 0.6) is 0 Å². The Kier molecular flexibility index (Phi) is 4.58. The second-order valence-electron chi connectivity index (χ2n) is 2.86. The zero-order chi connectivity index (χ0) is 11.8. The van der Waals surface area contributed by atoms with Crippen LogP contribution < -0.4 is 0 Å². The number of carbonyl (C=O) groups is 1. The van der Waals surface area contributed by atoms with Crippen molar-refractivity contribution >= 4 is 6.29 Å². The Labute approximate surface area is 91.7 Å². The van der Waals surface area contributed by atoms with Crippen molar-refractivity contribution in [2.75, 3.05) is 6.54 Å². The molecule has 0 amide bonds. The van der Waals surface area contributed by atoms with Crippen LogP contribution in [0.25, 0.3) is 10.4 Å². The van der Waals surface area contributed by atoms with Crippen LogP contribution in [-0.4, -0.2) is 12.8 Å². The third-order valence-electron chi connectivity index (χ3n) is 1.76. The molecule has 4 nitrogen and oxygen atoms in total. The minimum Gasteiger partial charge on any atom is -0.298 e. The smallest absolute Gasteiger partial charge is 0.153 e. The van der Waals surface area contributed by atoms with Crippen molar-refractivity contribution in [3.8, 4) is 11.8 Å². The molecule has 0 N–H and O–H groups in total. The molecular formula is C11H8FN3O. The van der Waals surface area contributed by atoms with Crippen molar-refractivity contribution in [3.05, 3.63) is 45.6 Å². The van der Waals surface area contributed by atoms with E-state index in [0.29, 0.717) is 24.8 Å². The van der Waals surface area contributed by atoms with Crippen LogP contribution >= 0.6 is 0 Å². The molecule has 1 rings (SSSR count). The van der Waals surface area contributed by atoms with Gasteiger partial charge in [0.05, 0.1) is 5.56 Å². The van der Waals surface area contributed by atoms with E-state index in [4.69, 9.17) is 5.53 Å². The topological polar surface area (TPSA) is 65.8 Å². The Balaban J connectivity index is 2.73. The van der Waals surface area contributed by atoms with Gasteiger partial charge in [-0.2, -0.15) is 0 Å². The molecule has 5 heteroatoms. The molecule has 80 valence electrons. The molecular weight excluding hydrogens is 209 g/mol. The Morgan fingerprint density at radius 1 is 1.56 bits per heavy atom. The highest BCUT2D eigenvalue weighted by Gasteiger charge is 1.99. The quantitative estimate of drug-likeness (QED) is 0.192. The summed E-state index contributed by atoms with van der Waals surface area (Å²) in [4.78, 5) is 13.0. The predicted molar refractivity (Wildman–Crippen MR) is 57.3 cm³/mol. The number of benzene rings is 1. The number of nitrogens with zero attached hydrogens (tertiary/aromatic N) is 3. The Morgan fingerprint density at radius 2 is 2.38 bits per heavy atom. The van der Waals surface area contributed by atoms with Crippen LogP contribution in [0.2, 0.25) is 0 Å². The largest absolute Gasteiger partial charge is 0.298 e. The molecule has 0 fully saturated rings. The number of azide groups is 1. The van der Waals surface area contributed by atoms with Gasteiger partial charge in [0.15, 0.2) is 6.29 Å². The van der Waals surface area contributed by atoms with Crippen molar-refractivity contribution in [1.82, 2.24) is 0 Å². The van der Waals surface area contributed by atoms with E-state index in [1.807, 2.05) is 0 Å². The molecule has 0 radical (unpaired) electrons. The lowest BCUT2D eigenvalue weighted by Gasteiger charge is -1.94. The molecule has 0 heterocycles. The van der Waals surface area contributed by atoms with Gasteiger partial charge in [-0.25, -0.2) is 4.39 Å². The normalized spacial score (nSPS) is 8.56. The maximum atomic E-state index is 12.9. The Hall–Kier alpha value is -2.31. The van der Waals surface area contributed by atoms with Gasteiger partial charge in [0.2, 0.25) is 0 Å². The third kappa shape index (κ3) is 3.45. The van der Waals surface area contributed by atoms with Gasteiger partial charge in [-0.3, -0.25) is 4.79 Å². The van der Waals surface area contributed by atoms with Crippen LogP contribution in [0, 0.1) is 17.7 Å². The number of aldehydes is 1. The van der Waals surface area contributed by atoms with E-state index in [0.717, 1.165) is 0 Å². The van der Waals surface area contributed by atoms with Crippen molar-refractivity contribution in [2.45, 2.75) is 6.42 Å². The summed E-state index contributed by atoms with van der Waals surface area (Å²) in [5.74, 6) is 4.94. The summed E-state index contributed by atoms with van der Waals surface area (Å²) >= 11 is 0. The second kappa shape index (κ2) is 6.23. The molecule has 1 aromatic carbocycles. The van der Waals surface area contributed by atoms with Gasteiger partial charge in [0.25, 0.3) is 0 Å². The van der Waals surface area contributed by atoms with E-state index >= 15 is 0 Å². The van der Waals surface area contributed by atoms with E-state index < -0.39 is 5.82 Å². The third-order valence-corrected chi connectivity index (χ3v) is 1.76. The summed E-state index contributed by atoms with van der Waals surface area (Å²) in [7, 11) is 0. The van der Waals surface area contributed by atoms with Gasteiger partial charge in [-0.15, -0.1) is 0 Å². The minimum absolute atomic E-state index is 0.0122. The highest BCUT2D eigenvalue weighted by atomic mass is 19.1. The first-order valence-electron chi connectivity index (χ1n) is 4.52. The van der Waals surface area contributed by atoms with E-state index in [1.165, 1.54) is 18.2 Å². The zero-order valence-corrected chi connectivity index (χ0v) is 8.35. The van der Waals surface area contributed by atoms with Crippen molar-refractivity contribution in [1.29, 1.82) is 0 Å². The van der Waals surface area contributed by atoms with Crippen LogP contribution in [0.15, 0.2) is 23.3 Å². The van der Waals surface area contributed by atoms with Gasteiger partial charge in [0.1, 0.15) is 5.82 Å². The molecule has 0 aliphatic rings. The summed E-state index contributed by atoms with van der Waals surface area (Å²) in [5.41, 5.74) is 8.56. The van der Waals surface area contributed by atoms with Crippen LogP contribution in [0.4, 0.5) is 4.39 Å². The highest BCUT2D eigenvalue weighted by Crippen LogP contribution is 2.07. The molecule has 0 saturated heterocycles. The molecule has 0 saturated carbocycles. The highest BCUT2D eigenvalue weighted by molar-refractivity contribution is 5.76. The van der Waals surface area contributed by atoms with Gasteiger partial charge < -0.3 is 0 Å². The lowest BCUT2D eigenvalue weighted by molar-refractivity contribution is 0.112. The molecule has 0 unspecified atom stereocenters. The molecule has 0 atom stereocenters. The first kappa shape index (κ1) is 11.8. The van der Waals surface area contributed by atoms with Crippen molar-refractivity contribution in [3.63, 3.8) is 0 Å². The Morgan fingerprint density at radius 3 is 3.06 bits per heavy atom. The first-order valence-corrected chi connectivity index (χ1v) is 4.52. The summed E-state index contributed by atoms with van der Waals surface area (Å²) < 4.78 is 12.9. The van der Waals surface area contributed by atoms with Gasteiger partial charge >= 0.3 is 0 Å². The number of halogens is 1. The molecule has 0 spiro atoms. The summed E-state index contributed by atoms with van der Waals surface area (Å²) in [6, 6.07) is 4.06. The van der Waals surface area contributed by atoms with Gasteiger partial charge in [-0.1, -0.05) is 17.0 Å². The maximum Gasteiger partial charge on any atom is 0.153 e. The average molecular weight is 217 g/mol. The van der Waals surface area contributed by atoms with E-state index in [9.17, 15) is 9.18 Å². The number of carbonyl (C=O) groups excluding carboxylic acids is 1. The van der Waals surface area contributed by atoms with Crippen LogP contribution in [-0.2, 0) is 0 Å². The molecule has 0 aromatic heterocycles. The average Bonchev–Trinajstić information content (AvgIpc) is 2.31. The monoisotopic (exact) mass is 217 g/mol. The minimum atomic E-state index is -0.561. The predicted octanol–water partition coefficient (Wildman–Crippen LogP) is 2.69. The fraction of sp³-hybridized carbons (Fsp3) is 0.182. The molecule has 1 aromatic rings.